The van der Waals surface area contributed by atoms with E-state index in [0.717, 1.165) is 32.4 Å². The number of carbonyl (C=O) groups excluding carboxylic acids is 4. The Labute approximate surface area is 266 Å². The lowest BCUT2D eigenvalue weighted by Gasteiger charge is -2.30. The van der Waals surface area contributed by atoms with E-state index in [4.69, 9.17) is 10.5 Å². The van der Waals surface area contributed by atoms with Gasteiger partial charge in [0.15, 0.2) is 0 Å². The number of aryl methyl sites for hydroxylation is 1. The summed E-state index contributed by atoms with van der Waals surface area (Å²) in [6.07, 6.45) is 0.384. The number of ether oxygens (including phenoxy) is 1. The van der Waals surface area contributed by atoms with E-state index in [9.17, 15) is 19.2 Å². The topological polar surface area (TPSA) is 131 Å². The molecule has 0 saturated heterocycles. The molecule has 1 aliphatic heterocycles. The smallest absolute Gasteiger partial charge is 0.408 e. The van der Waals surface area contributed by atoms with E-state index in [2.05, 4.69) is 26.6 Å². The van der Waals surface area contributed by atoms with Gasteiger partial charge in [0.05, 0.1) is 6.54 Å². The van der Waals surface area contributed by atoms with Gasteiger partial charge in [-0.15, -0.1) is 0 Å². The standard InChI is InChI=1S/C34H39BrN4O5/c1-33(2,3)44-32(43)38-34(4,5)19-29(40)37-27-17-16-21-10-6-9-13-28(21)39(31(27)42)20-23-15-14-22(18-26(23)35)24-11-7-8-12-25(24)30(36)41/h6-15,18,27H,16-17,19-20H2,1-5H3,(H2,36,41)(H,37,40)(H,38,43)/t27-/m1/s1. The fourth-order valence-corrected chi connectivity index (χ4v) is 5.75. The number of hydrogen-bond acceptors (Lipinski definition) is 5. The van der Waals surface area contributed by atoms with Gasteiger partial charge in [0.25, 0.3) is 0 Å². The summed E-state index contributed by atoms with van der Waals surface area (Å²) < 4.78 is 6.10. The van der Waals surface area contributed by atoms with Crippen molar-refractivity contribution < 1.29 is 23.9 Å². The molecule has 9 nitrogen and oxygen atoms in total. The molecule has 10 heteroatoms. The van der Waals surface area contributed by atoms with Crippen molar-refractivity contribution in [1.29, 1.82) is 0 Å². The number of fused-ring (bicyclic) bond motifs is 1. The molecule has 0 spiro atoms. The first-order valence-electron chi connectivity index (χ1n) is 14.5. The number of para-hydroxylation sites is 1. The van der Waals surface area contributed by atoms with Crippen molar-refractivity contribution in [3.05, 3.63) is 87.9 Å². The third kappa shape index (κ3) is 8.25. The van der Waals surface area contributed by atoms with Crippen LogP contribution in [0.5, 0.6) is 0 Å². The quantitative estimate of drug-likeness (QED) is 0.278. The Morgan fingerprint density at radius 2 is 1.68 bits per heavy atom. The third-order valence-electron chi connectivity index (χ3n) is 7.21. The Balaban J connectivity index is 1.54. The summed E-state index contributed by atoms with van der Waals surface area (Å²) in [7, 11) is 0. The first-order chi connectivity index (χ1) is 20.6. The van der Waals surface area contributed by atoms with Gasteiger partial charge in [-0.25, -0.2) is 4.79 Å². The van der Waals surface area contributed by atoms with Gasteiger partial charge >= 0.3 is 6.09 Å². The highest BCUT2D eigenvalue weighted by atomic mass is 79.9. The number of benzene rings is 3. The Morgan fingerprint density at radius 3 is 2.36 bits per heavy atom. The monoisotopic (exact) mass is 662 g/mol. The van der Waals surface area contributed by atoms with Crippen LogP contribution in [0.4, 0.5) is 10.5 Å². The lowest BCUT2D eigenvalue weighted by molar-refractivity contribution is -0.128. The SMILES string of the molecule is CC(C)(CC(=O)N[C@@H]1CCc2ccccc2N(Cc2ccc(-c3ccccc3C(N)=O)cc2Br)C1=O)NC(=O)OC(C)(C)C. The number of anilines is 1. The van der Waals surface area contributed by atoms with Gasteiger partial charge in [-0.1, -0.05) is 64.5 Å². The predicted molar refractivity (Wildman–Crippen MR) is 174 cm³/mol. The molecule has 1 atom stereocenters. The molecule has 4 N–H and O–H groups in total. The van der Waals surface area contributed by atoms with Crippen molar-refractivity contribution in [1.82, 2.24) is 10.6 Å². The molecule has 4 amide bonds. The molecular weight excluding hydrogens is 624 g/mol. The highest BCUT2D eigenvalue weighted by molar-refractivity contribution is 9.10. The summed E-state index contributed by atoms with van der Waals surface area (Å²) in [4.78, 5) is 53.2. The first-order valence-corrected chi connectivity index (χ1v) is 15.3. The molecule has 0 aliphatic carbocycles. The molecule has 0 unspecified atom stereocenters. The predicted octanol–water partition coefficient (Wildman–Crippen LogP) is 5.87. The molecule has 1 heterocycles. The number of nitrogens with zero attached hydrogens (tertiary/aromatic N) is 1. The maximum absolute atomic E-state index is 14.0. The van der Waals surface area contributed by atoms with E-state index in [1.165, 1.54) is 0 Å². The van der Waals surface area contributed by atoms with Crippen LogP contribution in [0.15, 0.2) is 71.2 Å². The highest BCUT2D eigenvalue weighted by Crippen LogP contribution is 2.33. The average molecular weight is 664 g/mol. The van der Waals surface area contributed by atoms with Crippen LogP contribution in [0.1, 0.15) is 68.9 Å². The van der Waals surface area contributed by atoms with E-state index >= 15 is 0 Å². The molecule has 44 heavy (non-hydrogen) atoms. The minimum atomic E-state index is -0.900. The van der Waals surface area contributed by atoms with Crippen molar-refractivity contribution in [3.63, 3.8) is 0 Å². The lowest BCUT2D eigenvalue weighted by Crippen LogP contribution is -2.52. The number of halogens is 1. The van der Waals surface area contributed by atoms with Crippen LogP contribution < -0.4 is 21.3 Å². The van der Waals surface area contributed by atoms with Crippen LogP contribution in [-0.2, 0) is 27.3 Å². The van der Waals surface area contributed by atoms with Crippen LogP contribution in [0.3, 0.4) is 0 Å². The number of primary amides is 1. The van der Waals surface area contributed by atoms with Gasteiger partial charge in [0.2, 0.25) is 17.7 Å². The van der Waals surface area contributed by atoms with Crippen molar-refractivity contribution in [2.45, 2.75) is 77.6 Å². The van der Waals surface area contributed by atoms with E-state index in [1.54, 1.807) is 51.7 Å². The zero-order valence-electron chi connectivity index (χ0n) is 25.7. The van der Waals surface area contributed by atoms with E-state index < -0.39 is 29.2 Å². The normalized spacial score (nSPS) is 15.2. The molecule has 0 bridgehead atoms. The Hall–Kier alpha value is -4.18. The summed E-state index contributed by atoms with van der Waals surface area (Å²) in [6.45, 7) is 9.02. The zero-order chi connectivity index (χ0) is 32.2. The van der Waals surface area contributed by atoms with Gasteiger partial charge in [-0.3, -0.25) is 14.4 Å². The van der Waals surface area contributed by atoms with Gasteiger partial charge in [-0.2, -0.15) is 0 Å². The van der Waals surface area contributed by atoms with Crippen molar-refractivity contribution in [2.75, 3.05) is 4.90 Å². The van der Waals surface area contributed by atoms with Crippen LogP contribution in [0.25, 0.3) is 11.1 Å². The molecule has 0 saturated carbocycles. The van der Waals surface area contributed by atoms with E-state index in [1.807, 2.05) is 54.6 Å². The Bertz CT molecular complexity index is 1580. The van der Waals surface area contributed by atoms with Crippen molar-refractivity contribution in [2.24, 2.45) is 5.73 Å². The maximum atomic E-state index is 14.0. The second kappa shape index (κ2) is 13.2. The molecule has 3 aromatic carbocycles. The van der Waals surface area contributed by atoms with Crippen molar-refractivity contribution in [3.8, 4) is 11.1 Å². The number of rotatable bonds is 8. The summed E-state index contributed by atoms with van der Waals surface area (Å²) in [5.41, 5.74) is 8.62. The van der Waals surface area contributed by atoms with E-state index in [0.29, 0.717) is 18.4 Å². The third-order valence-corrected chi connectivity index (χ3v) is 7.95. The Morgan fingerprint density at radius 1 is 1.00 bits per heavy atom. The lowest BCUT2D eigenvalue weighted by atomic mass is 9.98. The summed E-state index contributed by atoms with van der Waals surface area (Å²) in [6, 6.07) is 19.8. The zero-order valence-corrected chi connectivity index (χ0v) is 27.3. The van der Waals surface area contributed by atoms with E-state index in [-0.39, 0.29) is 24.8 Å². The minimum Gasteiger partial charge on any atom is -0.444 e. The van der Waals surface area contributed by atoms with Crippen LogP contribution in [-0.4, -0.2) is 41.0 Å². The summed E-state index contributed by atoms with van der Waals surface area (Å²) in [5, 5.41) is 5.67. The van der Waals surface area contributed by atoms with Gasteiger partial charge in [-0.05, 0) is 87.9 Å². The second-order valence-corrected chi connectivity index (χ2v) is 13.5. The molecular formula is C34H39BrN4O5. The number of carbonyl (C=O) groups is 4. The number of hydrogen-bond donors (Lipinski definition) is 3. The highest BCUT2D eigenvalue weighted by Gasteiger charge is 2.34. The molecule has 1 aliphatic rings. The summed E-state index contributed by atoms with van der Waals surface area (Å²) >= 11 is 3.67. The maximum Gasteiger partial charge on any atom is 0.408 e. The number of amides is 4. The number of nitrogens with two attached hydrogens (primary N) is 1. The average Bonchev–Trinajstić information content (AvgIpc) is 3.04. The second-order valence-electron chi connectivity index (χ2n) is 12.6. The van der Waals surface area contributed by atoms with Crippen LogP contribution in [0, 0.1) is 0 Å². The van der Waals surface area contributed by atoms with Crippen LogP contribution in [0.2, 0.25) is 0 Å². The van der Waals surface area contributed by atoms with Gasteiger partial charge in [0, 0.05) is 27.7 Å². The molecule has 232 valence electrons. The fourth-order valence-electron chi connectivity index (χ4n) is 5.25. The summed E-state index contributed by atoms with van der Waals surface area (Å²) in [5.74, 6) is -1.09. The first kappa shape index (κ1) is 32.7. The van der Waals surface area contributed by atoms with Crippen molar-refractivity contribution >= 4 is 45.4 Å². The molecule has 0 fully saturated rings. The Kier molecular flexibility index (Phi) is 9.83. The molecule has 3 aromatic rings. The molecule has 0 radical (unpaired) electrons. The fraction of sp³-hybridized carbons (Fsp3) is 0.353. The molecule has 4 rings (SSSR count). The molecule has 0 aromatic heterocycles. The van der Waals surface area contributed by atoms with Gasteiger partial charge < -0.3 is 26.0 Å². The number of nitrogens with one attached hydrogen (secondary N) is 2. The van der Waals surface area contributed by atoms with Crippen LogP contribution >= 0.6 is 15.9 Å². The van der Waals surface area contributed by atoms with Gasteiger partial charge in [0.1, 0.15) is 11.6 Å². The number of alkyl carbamates (subject to hydrolysis) is 1. The largest absolute Gasteiger partial charge is 0.444 e. The minimum absolute atomic E-state index is 0.0389.